The van der Waals surface area contributed by atoms with Crippen molar-refractivity contribution < 1.29 is 14.3 Å². The van der Waals surface area contributed by atoms with Gasteiger partial charge in [0.05, 0.1) is 5.60 Å². The molecule has 0 radical (unpaired) electrons. The summed E-state index contributed by atoms with van der Waals surface area (Å²) in [4.78, 5) is 11.8. The summed E-state index contributed by atoms with van der Waals surface area (Å²) in [6, 6.07) is 0. The number of fused-ring (bicyclic) bond motifs is 5. The van der Waals surface area contributed by atoms with Gasteiger partial charge in [-0.25, -0.2) is 4.39 Å². The number of carbonyl (C=O) groups is 1. The van der Waals surface area contributed by atoms with Gasteiger partial charge in [0.1, 0.15) is 6.17 Å². The number of carbonyl (C=O) groups excluding carboxylic acids is 1. The third-order valence-corrected chi connectivity index (χ3v) is 8.50. The molecule has 0 unspecified atom stereocenters. The Kier molecular flexibility index (Phi) is 3.22. The van der Waals surface area contributed by atoms with Crippen LogP contribution in [-0.4, -0.2) is 22.7 Å². The highest BCUT2D eigenvalue weighted by Crippen LogP contribution is 2.67. The van der Waals surface area contributed by atoms with E-state index in [1.54, 1.807) is 6.08 Å². The van der Waals surface area contributed by atoms with Crippen LogP contribution in [0.1, 0.15) is 65.7 Å². The van der Waals surface area contributed by atoms with Crippen molar-refractivity contribution in [3.05, 3.63) is 11.6 Å². The molecule has 1 N–H and O–H groups in total. The van der Waals surface area contributed by atoms with Crippen LogP contribution in [-0.2, 0) is 4.79 Å². The van der Waals surface area contributed by atoms with Gasteiger partial charge in [0, 0.05) is 6.42 Å². The fourth-order valence-corrected chi connectivity index (χ4v) is 6.80. The van der Waals surface area contributed by atoms with Gasteiger partial charge in [-0.15, -0.1) is 0 Å². The standard InChI is InChI=1S/C20H29FO2/c1-18-7-4-12(22)10-16(18)17(21)11-13-14(18)5-8-19(2)15(13)6-9-20(19,3)23/h10,13-15,17,23H,4-9,11H2,1-3H3/t13-,14+,15+,17+,18-,19+,20-/m1/s1. The van der Waals surface area contributed by atoms with Crippen molar-refractivity contribution in [3.63, 3.8) is 0 Å². The number of allylic oxidation sites excluding steroid dienone is 1. The Hall–Kier alpha value is -0.700. The molecule has 0 aliphatic heterocycles. The number of halogens is 1. The van der Waals surface area contributed by atoms with Crippen LogP contribution in [0.25, 0.3) is 0 Å². The van der Waals surface area contributed by atoms with Crippen LogP contribution >= 0.6 is 0 Å². The highest BCUT2D eigenvalue weighted by Gasteiger charge is 2.63. The Balaban J connectivity index is 1.74. The predicted octanol–water partition coefficient (Wildman–Crippen LogP) is 4.22. The summed E-state index contributed by atoms with van der Waals surface area (Å²) in [6.45, 7) is 6.41. The van der Waals surface area contributed by atoms with Crippen molar-refractivity contribution in [2.45, 2.75) is 77.5 Å². The van der Waals surface area contributed by atoms with Gasteiger partial charge in [-0.1, -0.05) is 13.8 Å². The van der Waals surface area contributed by atoms with Gasteiger partial charge in [0.2, 0.25) is 0 Å². The summed E-state index contributed by atoms with van der Waals surface area (Å²) in [5, 5.41) is 10.9. The zero-order valence-corrected chi connectivity index (χ0v) is 14.6. The topological polar surface area (TPSA) is 37.3 Å². The molecule has 0 aromatic carbocycles. The van der Waals surface area contributed by atoms with Crippen LogP contribution in [0.5, 0.6) is 0 Å². The van der Waals surface area contributed by atoms with Crippen molar-refractivity contribution in [3.8, 4) is 0 Å². The SMILES string of the molecule is C[C@]12CCC(=O)C=C1[C@@H](F)C[C@@H]1[C@@H]2CC[C@@]2(C)[C@H]1CC[C@@]2(C)O. The van der Waals surface area contributed by atoms with Crippen molar-refractivity contribution in [1.82, 2.24) is 0 Å². The first kappa shape index (κ1) is 15.8. The summed E-state index contributed by atoms with van der Waals surface area (Å²) in [6.07, 6.45) is 6.52. The molecular formula is C20H29FO2. The molecule has 0 aromatic rings. The second kappa shape index (κ2) is 4.68. The fraction of sp³-hybridized carbons (Fsp3) is 0.850. The van der Waals surface area contributed by atoms with Crippen molar-refractivity contribution in [2.24, 2.45) is 28.6 Å². The van der Waals surface area contributed by atoms with Gasteiger partial charge in [-0.05, 0) is 85.7 Å². The summed E-state index contributed by atoms with van der Waals surface area (Å²) in [7, 11) is 0. The quantitative estimate of drug-likeness (QED) is 0.725. The number of hydrogen-bond acceptors (Lipinski definition) is 2. The smallest absolute Gasteiger partial charge is 0.155 e. The molecule has 3 saturated carbocycles. The number of hydrogen-bond donors (Lipinski definition) is 1. The van der Waals surface area contributed by atoms with E-state index in [1.807, 2.05) is 6.92 Å². The lowest BCUT2D eigenvalue weighted by Gasteiger charge is -2.59. The molecule has 4 rings (SSSR count). The van der Waals surface area contributed by atoms with E-state index in [9.17, 15) is 9.90 Å². The van der Waals surface area contributed by atoms with E-state index in [0.717, 1.165) is 37.7 Å². The first-order chi connectivity index (χ1) is 10.7. The molecule has 0 spiro atoms. The lowest BCUT2D eigenvalue weighted by Crippen LogP contribution is -2.55. The Labute approximate surface area is 138 Å². The molecule has 0 heterocycles. The third kappa shape index (κ3) is 1.92. The fourth-order valence-electron chi connectivity index (χ4n) is 6.80. The first-order valence-electron chi connectivity index (χ1n) is 9.30. The summed E-state index contributed by atoms with van der Waals surface area (Å²) in [5.41, 5.74) is -0.0564. The lowest BCUT2D eigenvalue weighted by atomic mass is 9.46. The molecule has 3 heteroatoms. The Morgan fingerprint density at radius 2 is 1.83 bits per heavy atom. The van der Waals surface area contributed by atoms with Crippen molar-refractivity contribution >= 4 is 5.78 Å². The molecule has 0 amide bonds. The molecule has 7 atom stereocenters. The van der Waals surface area contributed by atoms with Crippen LogP contribution < -0.4 is 0 Å². The molecule has 2 nitrogen and oxygen atoms in total. The van der Waals surface area contributed by atoms with Gasteiger partial charge in [0.15, 0.2) is 5.78 Å². The van der Waals surface area contributed by atoms with Crippen LogP contribution in [0.3, 0.4) is 0 Å². The maximum absolute atomic E-state index is 15.0. The van der Waals surface area contributed by atoms with E-state index in [0.29, 0.717) is 30.6 Å². The Bertz CT molecular complexity index is 580. The number of alkyl halides is 1. The van der Waals surface area contributed by atoms with Crippen LogP contribution in [0.2, 0.25) is 0 Å². The zero-order valence-electron chi connectivity index (χ0n) is 14.6. The van der Waals surface area contributed by atoms with E-state index < -0.39 is 11.8 Å². The average molecular weight is 320 g/mol. The van der Waals surface area contributed by atoms with E-state index in [1.165, 1.54) is 0 Å². The highest BCUT2D eigenvalue weighted by atomic mass is 19.1. The monoisotopic (exact) mass is 320 g/mol. The predicted molar refractivity (Wildman–Crippen MR) is 87.6 cm³/mol. The van der Waals surface area contributed by atoms with E-state index in [4.69, 9.17) is 0 Å². The van der Waals surface area contributed by atoms with Gasteiger partial charge >= 0.3 is 0 Å². The Morgan fingerprint density at radius 1 is 1.13 bits per heavy atom. The van der Waals surface area contributed by atoms with E-state index in [2.05, 4.69) is 13.8 Å². The molecular weight excluding hydrogens is 291 g/mol. The minimum absolute atomic E-state index is 0.0735. The largest absolute Gasteiger partial charge is 0.390 e. The van der Waals surface area contributed by atoms with Gasteiger partial charge in [-0.2, -0.15) is 0 Å². The summed E-state index contributed by atoms with van der Waals surface area (Å²) < 4.78 is 15.0. The molecule has 0 saturated heterocycles. The third-order valence-electron chi connectivity index (χ3n) is 8.50. The highest BCUT2D eigenvalue weighted by molar-refractivity contribution is 5.91. The van der Waals surface area contributed by atoms with Gasteiger partial charge in [-0.3, -0.25) is 4.79 Å². The van der Waals surface area contributed by atoms with Gasteiger partial charge in [0.25, 0.3) is 0 Å². The molecule has 128 valence electrons. The maximum Gasteiger partial charge on any atom is 0.155 e. The Morgan fingerprint density at radius 3 is 2.57 bits per heavy atom. The van der Waals surface area contributed by atoms with Crippen LogP contribution in [0, 0.1) is 28.6 Å². The van der Waals surface area contributed by atoms with Crippen molar-refractivity contribution in [2.75, 3.05) is 0 Å². The van der Waals surface area contributed by atoms with E-state index in [-0.39, 0.29) is 16.6 Å². The maximum atomic E-state index is 15.0. The van der Waals surface area contributed by atoms with Gasteiger partial charge < -0.3 is 5.11 Å². The number of aliphatic hydroxyl groups is 1. The van der Waals surface area contributed by atoms with Crippen LogP contribution in [0.15, 0.2) is 11.6 Å². The normalized spacial score (nSPS) is 55.7. The minimum Gasteiger partial charge on any atom is -0.390 e. The number of ketones is 1. The first-order valence-corrected chi connectivity index (χ1v) is 9.30. The minimum atomic E-state index is -0.974. The number of rotatable bonds is 0. The molecule has 0 bridgehead atoms. The molecule has 23 heavy (non-hydrogen) atoms. The zero-order chi connectivity index (χ0) is 16.6. The second-order valence-electron chi connectivity index (χ2n) is 9.33. The van der Waals surface area contributed by atoms with E-state index >= 15 is 4.39 Å². The average Bonchev–Trinajstić information content (AvgIpc) is 2.72. The molecule has 4 aliphatic rings. The van der Waals surface area contributed by atoms with Crippen LogP contribution in [0.4, 0.5) is 4.39 Å². The molecule has 4 aliphatic carbocycles. The molecule has 3 fully saturated rings. The molecule has 0 aromatic heterocycles. The van der Waals surface area contributed by atoms with Crippen molar-refractivity contribution in [1.29, 1.82) is 0 Å². The summed E-state index contributed by atoms with van der Waals surface area (Å²) in [5.74, 6) is 1.35. The summed E-state index contributed by atoms with van der Waals surface area (Å²) >= 11 is 0. The second-order valence-corrected chi connectivity index (χ2v) is 9.33. The lowest BCUT2D eigenvalue weighted by molar-refractivity contribution is -0.128.